The molecule has 144 valence electrons. The number of hydrogen-bond acceptors (Lipinski definition) is 4. The topological polar surface area (TPSA) is 43.4 Å². The second kappa shape index (κ2) is 4.93. The summed E-state index contributed by atoms with van der Waals surface area (Å²) in [5, 5.41) is 0.298. The third kappa shape index (κ3) is 1.82. The number of ketones is 1. The Morgan fingerprint density at radius 2 is 2.00 bits per heavy atom. The Labute approximate surface area is 166 Å². The van der Waals surface area contributed by atoms with Crippen LogP contribution in [0.2, 0.25) is 0 Å². The molecule has 9 atom stereocenters. The van der Waals surface area contributed by atoms with Crippen LogP contribution in [0.4, 0.5) is 0 Å². The van der Waals surface area contributed by atoms with Crippen molar-refractivity contribution in [3.63, 3.8) is 0 Å². The second-order valence-electron chi connectivity index (χ2n) is 10.5. The van der Waals surface area contributed by atoms with E-state index in [4.69, 9.17) is 17.4 Å². The summed E-state index contributed by atoms with van der Waals surface area (Å²) in [5.74, 6) is 3.09. The van der Waals surface area contributed by atoms with Gasteiger partial charge < -0.3 is 4.74 Å². The number of allylic oxidation sites excluding steroid dienone is 4. The second-order valence-corrected chi connectivity index (χ2v) is 11.2. The Morgan fingerprint density at radius 3 is 2.74 bits per heavy atom. The number of carbonyl (C=O) groups excluding carboxylic acids is 2. The fourth-order valence-corrected chi connectivity index (χ4v) is 9.11. The van der Waals surface area contributed by atoms with Crippen molar-refractivity contribution in [3.8, 4) is 0 Å². The molecule has 0 bridgehead atoms. The van der Waals surface area contributed by atoms with Crippen molar-refractivity contribution in [2.75, 3.05) is 0 Å². The minimum Gasteiger partial charge on any atom is -0.458 e. The third-order valence-corrected chi connectivity index (χ3v) is 10.2. The van der Waals surface area contributed by atoms with E-state index in [1.807, 2.05) is 6.08 Å². The number of esters is 1. The third-order valence-electron chi connectivity index (χ3n) is 9.70. The maximum absolute atomic E-state index is 12.1. The van der Waals surface area contributed by atoms with Crippen LogP contribution in [-0.2, 0) is 14.3 Å². The SMILES string of the molecule is C[C@]12C=CC(=O)C=C1C[C@@H](S)[C@H]1[C@@H]3[C@@H]4C[C@@H]4[C@@]4(CCC(=O)O4)[C@@]3(C)CC[C@@H]12. The molecule has 0 amide bonds. The van der Waals surface area contributed by atoms with Gasteiger partial charge in [0.1, 0.15) is 5.60 Å². The number of hydrogen-bond donors (Lipinski definition) is 1. The first-order chi connectivity index (χ1) is 12.8. The van der Waals surface area contributed by atoms with E-state index < -0.39 is 0 Å². The van der Waals surface area contributed by atoms with Crippen molar-refractivity contribution >= 4 is 24.4 Å². The maximum Gasteiger partial charge on any atom is 0.306 e. The first kappa shape index (κ1) is 16.9. The zero-order chi connectivity index (χ0) is 18.8. The van der Waals surface area contributed by atoms with Gasteiger partial charge in [-0.1, -0.05) is 25.5 Å². The average molecular weight is 385 g/mol. The number of thiol groups is 1. The van der Waals surface area contributed by atoms with E-state index in [2.05, 4.69) is 19.9 Å². The van der Waals surface area contributed by atoms with Gasteiger partial charge >= 0.3 is 5.97 Å². The van der Waals surface area contributed by atoms with Crippen LogP contribution in [0, 0.1) is 40.4 Å². The van der Waals surface area contributed by atoms with Crippen molar-refractivity contribution < 1.29 is 14.3 Å². The van der Waals surface area contributed by atoms with Gasteiger partial charge in [-0.25, -0.2) is 0 Å². The van der Waals surface area contributed by atoms with Crippen molar-refractivity contribution in [2.45, 2.75) is 63.2 Å². The molecule has 27 heavy (non-hydrogen) atoms. The molecule has 1 spiro atoms. The Bertz CT molecular complexity index is 829. The molecule has 3 nitrogen and oxygen atoms in total. The lowest BCUT2D eigenvalue weighted by molar-refractivity contribution is -0.174. The fraction of sp³-hybridized carbons (Fsp3) is 0.739. The van der Waals surface area contributed by atoms with Gasteiger partial charge in [0.2, 0.25) is 0 Å². The van der Waals surface area contributed by atoms with Gasteiger partial charge in [-0.15, -0.1) is 0 Å². The first-order valence-corrected chi connectivity index (χ1v) is 11.2. The largest absolute Gasteiger partial charge is 0.458 e. The van der Waals surface area contributed by atoms with E-state index in [9.17, 15) is 9.59 Å². The highest BCUT2D eigenvalue weighted by Crippen LogP contribution is 2.79. The molecular weight excluding hydrogens is 356 g/mol. The van der Waals surface area contributed by atoms with Crippen LogP contribution < -0.4 is 0 Å². The lowest BCUT2D eigenvalue weighted by Gasteiger charge is -2.60. The van der Waals surface area contributed by atoms with Crippen LogP contribution in [0.1, 0.15) is 52.4 Å². The highest BCUT2D eigenvalue weighted by Gasteiger charge is 2.79. The summed E-state index contributed by atoms with van der Waals surface area (Å²) < 4.78 is 6.16. The average Bonchev–Trinajstić information content (AvgIpc) is 3.26. The Morgan fingerprint density at radius 1 is 1.19 bits per heavy atom. The van der Waals surface area contributed by atoms with Gasteiger partial charge in [-0.3, -0.25) is 9.59 Å². The van der Waals surface area contributed by atoms with Crippen LogP contribution in [0.25, 0.3) is 0 Å². The Kier molecular flexibility index (Phi) is 3.08. The lowest BCUT2D eigenvalue weighted by Crippen LogP contribution is -2.58. The van der Waals surface area contributed by atoms with Gasteiger partial charge in [0.15, 0.2) is 5.78 Å². The Hall–Kier alpha value is -1.03. The molecule has 1 saturated heterocycles. The standard InChI is InChI=1S/C23H28O3S/c1-21-6-3-13(24)9-12(21)10-17(27)19-15(21)4-7-22(2)20(19)14-11-16(14)23(22)8-5-18(25)26-23/h3,6,9,14-17,19-20,27H,4-5,7-8,10-11H2,1-2H3/t14-,15+,16+,17-,19+,20+,21+,22+,23+/m1/s1. The van der Waals surface area contributed by atoms with Gasteiger partial charge in [0.05, 0.1) is 0 Å². The van der Waals surface area contributed by atoms with Crippen LogP contribution in [0.15, 0.2) is 23.8 Å². The van der Waals surface area contributed by atoms with Crippen LogP contribution >= 0.6 is 12.6 Å². The van der Waals surface area contributed by atoms with Crippen LogP contribution in [-0.4, -0.2) is 22.6 Å². The quantitative estimate of drug-likeness (QED) is 0.504. The molecule has 0 unspecified atom stereocenters. The summed E-state index contributed by atoms with van der Waals surface area (Å²) in [6, 6.07) is 0. The molecular formula is C23H28O3S. The molecule has 6 rings (SSSR count). The minimum atomic E-state index is -0.201. The number of carbonyl (C=O) groups is 2. The summed E-state index contributed by atoms with van der Waals surface area (Å²) >= 11 is 5.11. The van der Waals surface area contributed by atoms with E-state index in [0.717, 1.165) is 25.7 Å². The number of ether oxygens (including phenoxy) is 1. The number of rotatable bonds is 0. The van der Waals surface area contributed by atoms with Crippen molar-refractivity contribution in [3.05, 3.63) is 23.8 Å². The normalized spacial score (nSPS) is 57.5. The highest BCUT2D eigenvalue weighted by atomic mass is 32.1. The zero-order valence-electron chi connectivity index (χ0n) is 16.1. The lowest BCUT2D eigenvalue weighted by atomic mass is 9.46. The zero-order valence-corrected chi connectivity index (χ0v) is 17.0. The molecule has 4 saturated carbocycles. The molecule has 1 heterocycles. The highest BCUT2D eigenvalue weighted by molar-refractivity contribution is 7.81. The summed E-state index contributed by atoms with van der Waals surface area (Å²) in [6.45, 7) is 4.76. The molecule has 0 aromatic carbocycles. The molecule has 6 aliphatic rings. The maximum atomic E-state index is 12.1. The summed E-state index contributed by atoms with van der Waals surface area (Å²) in [7, 11) is 0. The van der Waals surface area contributed by atoms with Gasteiger partial charge in [-0.05, 0) is 67.9 Å². The number of fused-ring (bicyclic) bond motifs is 9. The Balaban J connectivity index is 1.44. The molecule has 5 fully saturated rings. The predicted octanol–water partition coefficient (Wildman–Crippen LogP) is 4.13. The van der Waals surface area contributed by atoms with E-state index in [1.165, 1.54) is 12.0 Å². The minimum absolute atomic E-state index is 0.00830. The molecule has 0 aromatic rings. The van der Waals surface area contributed by atoms with Crippen LogP contribution in [0.5, 0.6) is 0 Å². The monoisotopic (exact) mass is 384 g/mol. The molecule has 1 aliphatic heterocycles. The first-order valence-electron chi connectivity index (χ1n) is 10.6. The van der Waals surface area contributed by atoms with E-state index in [-0.39, 0.29) is 28.2 Å². The van der Waals surface area contributed by atoms with Gasteiger partial charge in [0, 0.05) is 28.4 Å². The summed E-state index contributed by atoms with van der Waals surface area (Å²) in [4.78, 5) is 24.1. The smallest absolute Gasteiger partial charge is 0.306 e. The van der Waals surface area contributed by atoms with E-state index in [0.29, 0.717) is 41.3 Å². The van der Waals surface area contributed by atoms with Crippen molar-refractivity contribution in [2.24, 2.45) is 40.4 Å². The summed E-state index contributed by atoms with van der Waals surface area (Å²) in [6.07, 6.45) is 11.8. The van der Waals surface area contributed by atoms with Crippen molar-refractivity contribution in [1.82, 2.24) is 0 Å². The van der Waals surface area contributed by atoms with Gasteiger partial charge in [0.25, 0.3) is 0 Å². The van der Waals surface area contributed by atoms with Gasteiger partial charge in [-0.2, -0.15) is 12.6 Å². The summed E-state index contributed by atoms with van der Waals surface area (Å²) in [5.41, 5.74) is 1.17. The molecule has 5 aliphatic carbocycles. The molecule has 0 aromatic heterocycles. The van der Waals surface area contributed by atoms with E-state index in [1.54, 1.807) is 6.08 Å². The van der Waals surface area contributed by atoms with Crippen molar-refractivity contribution in [1.29, 1.82) is 0 Å². The predicted molar refractivity (Wildman–Crippen MR) is 105 cm³/mol. The molecule has 0 radical (unpaired) electrons. The van der Waals surface area contributed by atoms with Crippen LogP contribution in [0.3, 0.4) is 0 Å². The van der Waals surface area contributed by atoms with E-state index >= 15 is 0 Å². The molecule has 0 N–H and O–H groups in total. The fourth-order valence-electron chi connectivity index (χ4n) is 8.52. The molecule has 4 heteroatoms.